The highest BCUT2D eigenvalue weighted by molar-refractivity contribution is 6.28. The standard InChI is InChI=1S/C15H14ClFN4O/c1-15(2,22)12-5-3-4-9(19-12)7-21-8-11(17)10-6-18-14(16)20-13(10)21/h3-6,8,22H,7H2,1-2H3. The zero-order chi connectivity index (χ0) is 15.9. The highest BCUT2D eigenvalue weighted by atomic mass is 35.5. The molecule has 0 bridgehead atoms. The van der Waals surface area contributed by atoms with E-state index in [9.17, 15) is 9.50 Å². The topological polar surface area (TPSA) is 63.8 Å². The van der Waals surface area contributed by atoms with Crippen molar-refractivity contribution in [2.45, 2.75) is 26.0 Å². The maximum Gasteiger partial charge on any atom is 0.224 e. The Morgan fingerprint density at radius 2 is 2.09 bits per heavy atom. The van der Waals surface area contributed by atoms with Gasteiger partial charge < -0.3 is 9.67 Å². The number of halogens is 2. The van der Waals surface area contributed by atoms with Crippen molar-refractivity contribution in [3.63, 3.8) is 0 Å². The van der Waals surface area contributed by atoms with Crippen LogP contribution >= 0.6 is 11.6 Å². The molecular formula is C15H14ClFN4O. The molecular weight excluding hydrogens is 307 g/mol. The minimum atomic E-state index is -1.04. The fraction of sp³-hybridized carbons (Fsp3) is 0.267. The molecule has 0 aliphatic carbocycles. The third kappa shape index (κ3) is 2.80. The first-order valence-corrected chi connectivity index (χ1v) is 7.08. The normalized spacial score (nSPS) is 12.0. The number of hydrogen-bond acceptors (Lipinski definition) is 4. The summed E-state index contributed by atoms with van der Waals surface area (Å²) in [7, 11) is 0. The summed E-state index contributed by atoms with van der Waals surface area (Å²) in [6.45, 7) is 3.64. The molecule has 3 heterocycles. The summed E-state index contributed by atoms with van der Waals surface area (Å²) in [6.07, 6.45) is 2.70. The van der Waals surface area contributed by atoms with Crippen LogP contribution in [0.15, 0.2) is 30.6 Å². The fourth-order valence-corrected chi connectivity index (χ4v) is 2.34. The number of fused-ring (bicyclic) bond motifs is 1. The highest BCUT2D eigenvalue weighted by Crippen LogP contribution is 2.21. The minimum Gasteiger partial charge on any atom is -0.384 e. The molecule has 0 amide bonds. The van der Waals surface area contributed by atoms with Crippen LogP contribution in [0.2, 0.25) is 5.28 Å². The molecule has 0 radical (unpaired) electrons. The Labute approximate surface area is 131 Å². The van der Waals surface area contributed by atoms with E-state index < -0.39 is 11.4 Å². The second-order valence-electron chi connectivity index (χ2n) is 5.55. The van der Waals surface area contributed by atoms with Gasteiger partial charge in [0.05, 0.1) is 23.3 Å². The van der Waals surface area contributed by atoms with Crippen LogP contribution in [-0.2, 0) is 12.1 Å². The van der Waals surface area contributed by atoms with Crippen molar-refractivity contribution in [2.75, 3.05) is 0 Å². The van der Waals surface area contributed by atoms with E-state index in [1.165, 1.54) is 12.4 Å². The van der Waals surface area contributed by atoms with Gasteiger partial charge in [-0.1, -0.05) is 6.07 Å². The van der Waals surface area contributed by atoms with Gasteiger partial charge in [0.1, 0.15) is 11.2 Å². The van der Waals surface area contributed by atoms with E-state index >= 15 is 0 Å². The van der Waals surface area contributed by atoms with E-state index in [-0.39, 0.29) is 5.28 Å². The summed E-state index contributed by atoms with van der Waals surface area (Å²) >= 11 is 5.78. The molecule has 0 unspecified atom stereocenters. The molecule has 0 saturated heterocycles. The van der Waals surface area contributed by atoms with E-state index in [1.54, 1.807) is 30.5 Å². The van der Waals surface area contributed by atoms with Crippen LogP contribution in [0.3, 0.4) is 0 Å². The van der Waals surface area contributed by atoms with Crippen molar-refractivity contribution < 1.29 is 9.50 Å². The minimum absolute atomic E-state index is 0.0602. The monoisotopic (exact) mass is 320 g/mol. The van der Waals surface area contributed by atoms with Crippen LogP contribution in [0.4, 0.5) is 4.39 Å². The molecule has 7 heteroatoms. The summed E-state index contributed by atoms with van der Waals surface area (Å²) < 4.78 is 15.5. The Balaban J connectivity index is 2.02. The Bertz CT molecular complexity index is 841. The first kappa shape index (κ1) is 14.9. The number of rotatable bonds is 3. The Morgan fingerprint density at radius 3 is 2.82 bits per heavy atom. The van der Waals surface area contributed by atoms with Crippen molar-refractivity contribution in [1.29, 1.82) is 0 Å². The van der Waals surface area contributed by atoms with Crippen LogP contribution in [-0.4, -0.2) is 24.6 Å². The summed E-state index contributed by atoms with van der Waals surface area (Å²) in [5.74, 6) is -0.412. The molecule has 114 valence electrons. The molecule has 5 nitrogen and oxygen atoms in total. The molecule has 22 heavy (non-hydrogen) atoms. The van der Waals surface area contributed by atoms with Crippen molar-refractivity contribution in [2.24, 2.45) is 0 Å². The maximum atomic E-state index is 13.9. The lowest BCUT2D eigenvalue weighted by atomic mass is 10.0. The van der Waals surface area contributed by atoms with Crippen LogP contribution in [0.1, 0.15) is 25.2 Å². The molecule has 0 saturated carbocycles. The predicted octanol–water partition coefficient (Wildman–Crippen LogP) is 2.89. The predicted molar refractivity (Wildman–Crippen MR) is 81.1 cm³/mol. The number of hydrogen-bond donors (Lipinski definition) is 1. The zero-order valence-electron chi connectivity index (χ0n) is 12.1. The van der Waals surface area contributed by atoms with Gasteiger partial charge in [-0.25, -0.2) is 9.37 Å². The van der Waals surface area contributed by atoms with E-state index in [1.807, 2.05) is 6.07 Å². The van der Waals surface area contributed by atoms with E-state index in [4.69, 9.17) is 11.6 Å². The fourth-order valence-electron chi connectivity index (χ4n) is 2.21. The van der Waals surface area contributed by atoms with E-state index in [0.29, 0.717) is 29.0 Å². The quantitative estimate of drug-likeness (QED) is 0.754. The molecule has 0 spiro atoms. The lowest BCUT2D eigenvalue weighted by Gasteiger charge is -2.17. The molecule has 3 rings (SSSR count). The second-order valence-corrected chi connectivity index (χ2v) is 5.89. The number of nitrogens with zero attached hydrogens (tertiary/aromatic N) is 4. The summed E-state index contributed by atoms with van der Waals surface area (Å²) in [6, 6.07) is 5.36. The van der Waals surface area contributed by atoms with E-state index in [2.05, 4.69) is 15.0 Å². The Kier molecular flexibility index (Phi) is 3.58. The number of pyridine rings is 1. The Morgan fingerprint density at radius 1 is 1.32 bits per heavy atom. The van der Waals surface area contributed by atoms with Gasteiger partial charge in [0.25, 0.3) is 0 Å². The number of aromatic nitrogens is 4. The lowest BCUT2D eigenvalue weighted by molar-refractivity contribution is 0.0736. The SMILES string of the molecule is CC(C)(O)c1cccc(Cn2cc(F)c3cnc(Cl)nc32)n1. The molecule has 3 aromatic heterocycles. The smallest absolute Gasteiger partial charge is 0.224 e. The van der Waals surface area contributed by atoms with Gasteiger partial charge in [0.15, 0.2) is 5.82 Å². The maximum absolute atomic E-state index is 13.9. The number of aliphatic hydroxyl groups is 1. The molecule has 0 fully saturated rings. The second kappa shape index (κ2) is 5.30. The summed E-state index contributed by atoms with van der Waals surface area (Å²) in [5, 5.41) is 10.4. The molecule has 0 aromatic carbocycles. The van der Waals surface area contributed by atoms with Crippen LogP contribution < -0.4 is 0 Å². The van der Waals surface area contributed by atoms with Gasteiger partial charge in [-0.15, -0.1) is 0 Å². The third-order valence-corrected chi connectivity index (χ3v) is 3.49. The average molecular weight is 321 g/mol. The van der Waals surface area contributed by atoms with Crippen LogP contribution in [0.25, 0.3) is 11.0 Å². The van der Waals surface area contributed by atoms with Crippen LogP contribution in [0, 0.1) is 5.82 Å². The van der Waals surface area contributed by atoms with Gasteiger partial charge in [0.2, 0.25) is 5.28 Å². The molecule has 0 aliphatic heterocycles. The zero-order valence-corrected chi connectivity index (χ0v) is 12.8. The van der Waals surface area contributed by atoms with Gasteiger partial charge in [-0.2, -0.15) is 4.98 Å². The first-order chi connectivity index (χ1) is 10.3. The lowest BCUT2D eigenvalue weighted by Crippen LogP contribution is -2.18. The van der Waals surface area contributed by atoms with Crippen molar-refractivity contribution in [1.82, 2.24) is 19.5 Å². The van der Waals surface area contributed by atoms with Crippen molar-refractivity contribution >= 4 is 22.6 Å². The van der Waals surface area contributed by atoms with Crippen molar-refractivity contribution in [3.8, 4) is 0 Å². The largest absolute Gasteiger partial charge is 0.384 e. The third-order valence-electron chi connectivity index (χ3n) is 3.30. The molecule has 0 aliphatic rings. The average Bonchev–Trinajstić information content (AvgIpc) is 2.74. The summed E-state index contributed by atoms with van der Waals surface area (Å²) in [5.41, 5.74) is 0.611. The Hall–Kier alpha value is -2.05. The molecule has 3 aromatic rings. The van der Waals surface area contributed by atoms with Gasteiger partial charge >= 0.3 is 0 Å². The van der Waals surface area contributed by atoms with Crippen molar-refractivity contribution in [3.05, 3.63) is 53.1 Å². The molecule has 1 N–H and O–H groups in total. The van der Waals surface area contributed by atoms with E-state index in [0.717, 1.165) is 0 Å². The van der Waals surface area contributed by atoms with Gasteiger partial charge in [-0.05, 0) is 37.6 Å². The summed E-state index contributed by atoms with van der Waals surface area (Å²) in [4.78, 5) is 12.3. The van der Waals surface area contributed by atoms with Gasteiger partial charge in [-0.3, -0.25) is 4.98 Å². The van der Waals surface area contributed by atoms with Gasteiger partial charge in [0, 0.05) is 12.4 Å². The highest BCUT2D eigenvalue weighted by Gasteiger charge is 2.18. The first-order valence-electron chi connectivity index (χ1n) is 6.70. The van der Waals surface area contributed by atoms with Crippen LogP contribution in [0.5, 0.6) is 0 Å². The molecule has 0 atom stereocenters.